The Balaban J connectivity index is 2.30. The van der Waals surface area contributed by atoms with Crippen molar-refractivity contribution in [3.63, 3.8) is 0 Å². The van der Waals surface area contributed by atoms with Crippen LogP contribution < -0.4 is 5.32 Å². The molecule has 90 valence electrons. The lowest BCUT2D eigenvalue weighted by Gasteiger charge is -2.29. The lowest BCUT2D eigenvalue weighted by molar-refractivity contribution is 0.190. The largest absolute Gasteiger partial charge is 0.318 e. The van der Waals surface area contributed by atoms with Crippen molar-refractivity contribution in [2.24, 2.45) is 5.92 Å². The molecule has 0 spiro atoms. The van der Waals surface area contributed by atoms with Gasteiger partial charge in [-0.15, -0.1) is 0 Å². The number of nitrogens with one attached hydrogen (secondary N) is 1. The van der Waals surface area contributed by atoms with Crippen LogP contribution in [0, 0.1) is 5.92 Å². The molecule has 15 heavy (non-hydrogen) atoms. The molecule has 0 saturated heterocycles. The standard InChI is InChI=1S/C13H28N2/c1-12(2)8-10-15(11-9-14-3)13-6-4-5-7-13/h12-14H,4-11H2,1-3H3. The van der Waals surface area contributed by atoms with Gasteiger partial charge in [0.25, 0.3) is 0 Å². The summed E-state index contributed by atoms with van der Waals surface area (Å²) in [5.74, 6) is 0.837. The molecule has 0 unspecified atom stereocenters. The van der Waals surface area contributed by atoms with E-state index < -0.39 is 0 Å². The fourth-order valence-corrected chi connectivity index (χ4v) is 2.43. The minimum absolute atomic E-state index is 0.837. The van der Waals surface area contributed by atoms with Crippen molar-refractivity contribution < 1.29 is 0 Å². The summed E-state index contributed by atoms with van der Waals surface area (Å²) < 4.78 is 0. The van der Waals surface area contributed by atoms with E-state index in [0.717, 1.165) is 18.5 Å². The molecule has 0 radical (unpaired) electrons. The lowest BCUT2D eigenvalue weighted by Crippen LogP contribution is -2.39. The predicted octanol–water partition coefficient (Wildman–Crippen LogP) is 2.50. The van der Waals surface area contributed by atoms with Crippen LogP contribution in [0.1, 0.15) is 46.0 Å². The zero-order valence-corrected chi connectivity index (χ0v) is 10.8. The first-order valence-electron chi connectivity index (χ1n) is 6.62. The molecule has 1 saturated carbocycles. The van der Waals surface area contributed by atoms with E-state index in [1.54, 1.807) is 0 Å². The maximum atomic E-state index is 3.27. The molecular formula is C13H28N2. The highest BCUT2D eigenvalue weighted by Gasteiger charge is 2.21. The maximum absolute atomic E-state index is 3.27. The lowest BCUT2D eigenvalue weighted by atomic mass is 10.1. The van der Waals surface area contributed by atoms with Gasteiger partial charge < -0.3 is 5.32 Å². The third-order valence-corrected chi connectivity index (χ3v) is 3.48. The molecule has 0 aromatic carbocycles. The molecule has 0 aliphatic heterocycles. The quantitative estimate of drug-likeness (QED) is 0.697. The van der Waals surface area contributed by atoms with E-state index in [0.29, 0.717) is 0 Å². The van der Waals surface area contributed by atoms with Crippen molar-refractivity contribution in [1.82, 2.24) is 10.2 Å². The van der Waals surface area contributed by atoms with Gasteiger partial charge in [0, 0.05) is 19.1 Å². The Hall–Kier alpha value is -0.0800. The molecule has 0 atom stereocenters. The van der Waals surface area contributed by atoms with E-state index in [1.807, 2.05) is 0 Å². The third-order valence-electron chi connectivity index (χ3n) is 3.48. The van der Waals surface area contributed by atoms with Crippen molar-refractivity contribution in [3.8, 4) is 0 Å². The Morgan fingerprint density at radius 3 is 2.40 bits per heavy atom. The smallest absolute Gasteiger partial charge is 0.0110 e. The number of hydrogen-bond acceptors (Lipinski definition) is 2. The van der Waals surface area contributed by atoms with Gasteiger partial charge in [0.2, 0.25) is 0 Å². The second-order valence-corrected chi connectivity index (χ2v) is 5.26. The van der Waals surface area contributed by atoms with Crippen molar-refractivity contribution >= 4 is 0 Å². The molecule has 1 rings (SSSR count). The van der Waals surface area contributed by atoms with Crippen molar-refractivity contribution in [2.45, 2.75) is 52.0 Å². The van der Waals surface area contributed by atoms with E-state index in [-0.39, 0.29) is 0 Å². The normalized spacial score (nSPS) is 18.2. The molecule has 2 heteroatoms. The van der Waals surface area contributed by atoms with Gasteiger partial charge in [-0.25, -0.2) is 0 Å². The van der Waals surface area contributed by atoms with Gasteiger partial charge in [-0.3, -0.25) is 4.90 Å². The highest BCUT2D eigenvalue weighted by atomic mass is 15.2. The first-order valence-corrected chi connectivity index (χ1v) is 6.62. The molecule has 0 amide bonds. The Morgan fingerprint density at radius 1 is 1.20 bits per heavy atom. The minimum atomic E-state index is 0.837. The van der Waals surface area contributed by atoms with Gasteiger partial charge in [0.1, 0.15) is 0 Å². The molecule has 1 N–H and O–H groups in total. The highest BCUT2D eigenvalue weighted by molar-refractivity contribution is 4.78. The number of rotatable bonds is 7. The van der Waals surface area contributed by atoms with Crippen molar-refractivity contribution in [2.75, 3.05) is 26.7 Å². The van der Waals surface area contributed by atoms with Gasteiger partial charge in [-0.2, -0.15) is 0 Å². The summed E-state index contributed by atoms with van der Waals surface area (Å²) >= 11 is 0. The van der Waals surface area contributed by atoms with E-state index in [4.69, 9.17) is 0 Å². The number of nitrogens with zero attached hydrogens (tertiary/aromatic N) is 1. The fraction of sp³-hybridized carbons (Fsp3) is 1.00. The summed E-state index contributed by atoms with van der Waals surface area (Å²) in [5, 5.41) is 3.27. The molecule has 2 nitrogen and oxygen atoms in total. The average Bonchev–Trinajstić information content (AvgIpc) is 2.71. The summed E-state index contributed by atoms with van der Waals surface area (Å²) in [6, 6.07) is 0.886. The topological polar surface area (TPSA) is 15.3 Å². The van der Waals surface area contributed by atoms with Gasteiger partial charge in [0.15, 0.2) is 0 Å². The van der Waals surface area contributed by atoms with E-state index in [1.165, 1.54) is 45.2 Å². The van der Waals surface area contributed by atoms with Crippen molar-refractivity contribution in [3.05, 3.63) is 0 Å². The SMILES string of the molecule is CNCCN(CCC(C)C)C1CCCC1. The highest BCUT2D eigenvalue weighted by Crippen LogP contribution is 2.23. The van der Waals surface area contributed by atoms with Gasteiger partial charge in [0.05, 0.1) is 0 Å². The Morgan fingerprint density at radius 2 is 1.87 bits per heavy atom. The number of hydrogen-bond donors (Lipinski definition) is 1. The summed E-state index contributed by atoms with van der Waals surface area (Å²) in [6.07, 6.45) is 7.11. The van der Waals surface area contributed by atoms with E-state index in [9.17, 15) is 0 Å². The maximum Gasteiger partial charge on any atom is 0.0110 e. The van der Waals surface area contributed by atoms with Crippen LogP contribution in [-0.4, -0.2) is 37.6 Å². The Labute approximate surface area is 95.4 Å². The zero-order chi connectivity index (χ0) is 11.1. The van der Waals surface area contributed by atoms with Gasteiger partial charge in [-0.1, -0.05) is 26.7 Å². The van der Waals surface area contributed by atoms with Crippen LogP contribution in [0.25, 0.3) is 0 Å². The third kappa shape index (κ3) is 4.98. The van der Waals surface area contributed by atoms with Crippen LogP contribution in [0.5, 0.6) is 0 Å². The first-order chi connectivity index (χ1) is 7.24. The summed E-state index contributed by atoms with van der Waals surface area (Å²) in [6.45, 7) is 8.31. The minimum Gasteiger partial charge on any atom is -0.318 e. The van der Waals surface area contributed by atoms with Crippen LogP contribution in [-0.2, 0) is 0 Å². The molecule has 0 aromatic heterocycles. The number of likely N-dealkylation sites (N-methyl/N-ethyl adjacent to an activating group) is 1. The molecule has 1 aliphatic carbocycles. The van der Waals surface area contributed by atoms with E-state index in [2.05, 4.69) is 31.1 Å². The van der Waals surface area contributed by atoms with Crippen LogP contribution in [0.2, 0.25) is 0 Å². The van der Waals surface area contributed by atoms with Gasteiger partial charge >= 0.3 is 0 Å². The summed E-state index contributed by atoms with van der Waals surface area (Å²) in [5.41, 5.74) is 0. The molecule has 1 fully saturated rings. The molecule has 0 aromatic rings. The van der Waals surface area contributed by atoms with Crippen LogP contribution in [0.4, 0.5) is 0 Å². The fourth-order valence-electron chi connectivity index (χ4n) is 2.43. The van der Waals surface area contributed by atoms with Crippen LogP contribution in [0.15, 0.2) is 0 Å². The predicted molar refractivity (Wildman–Crippen MR) is 67.2 cm³/mol. The molecule has 1 aliphatic rings. The van der Waals surface area contributed by atoms with Gasteiger partial charge in [-0.05, 0) is 38.8 Å². The van der Waals surface area contributed by atoms with Crippen molar-refractivity contribution in [1.29, 1.82) is 0 Å². The van der Waals surface area contributed by atoms with Crippen LogP contribution >= 0.6 is 0 Å². The monoisotopic (exact) mass is 212 g/mol. The average molecular weight is 212 g/mol. The van der Waals surface area contributed by atoms with Crippen LogP contribution in [0.3, 0.4) is 0 Å². The Bertz CT molecular complexity index is 151. The summed E-state index contributed by atoms with van der Waals surface area (Å²) in [4.78, 5) is 2.71. The zero-order valence-electron chi connectivity index (χ0n) is 10.8. The molecular weight excluding hydrogens is 184 g/mol. The summed E-state index contributed by atoms with van der Waals surface area (Å²) in [7, 11) is 2.05. The molecule has 0 bridgehead atoms. The van der Waals surface area contributed by atoms with E-state index >= 15 is 0 Å². The Kier molecular flexibility index (Phi) is 6.26. The molecule has 0 heterocycles. The first kappa shape index (κ1) is 13.0. The second kappa shape index (κ2) is 7.24. The second-order valence-electron chi connectivity index (χ2n) is 5.26.